The van der Waals surface area contributed by atoms with E-state index >= 15 is 0 Å². The van der Waals surface area contributed by atoms with Gasteiger partial charge in [-0.2, -0.15) is 0 Å². The van der Waals surface area contributed by atoms with Crippen LogP contribution in [0.2, 0.25) is 10.0 Å². The van der Waals surface area contributed by atoms with Crippen molar-refractivity contribution in [2.24, 2.45) is 5.73 Å². The van der Waals surface area contributed by atoms with Gasteiger partial charge in [0.05, 0.1) is 0 Å². The van der Waals surface area contributed by atoms with Gasteiger partial charge in [0.1, 0.15) is 5.78 Å². The molecule has 0 amide bonds. The summed E-state index contributed by atoms with van der Waals surface area (Å²) < 4.78 is 0. The zero-order chi connectivity index (χ0) is 11.1. The Labute approximate surface area is 98.4 Å². The lowest BCUT2D eigenvalue weighted by Gasteiger charge is -2.40. The molecule has 2 nitrogen and oxygen atoms in total. The van der Waals surface area contributed by atoms with E-state index in [-0.39, 0.29) is 11.2 Å². The lowest BCUT2D eigenvalue weighted by molar-refractivity contribution is -0.128. The summed E-state index contributed by atoms with van der Waals surface area (Å²) in [5.74, 6) is 0.219. The van der Waals surface area contributed by atoms with Crippen molar-refractivity contribution < 1.29 is 4.79 Å². The van der Waals surface area contributed by atoms with Gasteiger partial charge < -0.3 is 5.73 Å². The summed E-state index contributed by atoms with van der Waals surface area (Å²) >= 11 is 12.2. The third kappa shape index (κ3) is 1.67. The van der Waals surface area contributed by atoms with Crippen molar-refractivity contribution in [3.05, 3.63) is 33.8 Å². The highest BCUT2D eigenvalue weighted by Gasteiger charge is 2.45. The van der Waals surface area contributed by atoms with Gasteiger partial charge in [-0.15, -0.1) is 0 Å². The monoisotopic (exact) mass is 243 g/mol. The molecule has 0 heterocycles. The average Bonchev–Trinajstić information content (AvgIpc) is 2.14. The molecule has 2 N–H and O–H groups in total. The van der Waals surface area contributed by atoms with Crippen LogP contribution in [0.25, 0.3) is 0 Å². The van der Waals surface area contributed by atoms with Gasteiger partial charge in [-0.25, -0.2) is 0 Å². The smallest absolute Gasteiger partial charge is 0.134 e. The first kappa shape index (κ1) is 10.9. The van der Waals surface area contributed by atoms with Crippen LogP contribution in [0.3, 0.4) is 0 Å². The molecule has 0 saturated heterocycles. The van der Waals surface area contributed by atoms with E-state index in [2.05, 4.69) is 0 Å². The normalized spacial score (nSPS) is 18.7. The highest BCUT2D eigenvalue weighted by Crippen LogP contribution is 2.46. The summed E-state index contributed by atoms with van der Waals surface area (Å²) in [5, 5.41) is 1.20. The van der Waals surface area contributed by atoms with Crippen LogP contribution < -0.4 is 5.73 Å². The van der Waals surface area contributed by atoms with Crippen molar-refractivity contribution in [1.82, 2.24) is 0 Å². The second-order valence-corrected chi connectivity index (χ2v) is 4.79. The first-order valence-electron chi connectivity index (χ1n) is 4.75. The third-order valence-electron chi connectivity index (χ3n) is 2.95. The minimum Gasteiger partial charge on any atom is -0.330 e. The van der Waals surface area contributed by atoms with Gasteiger partial charge in [0.25, 0.3) is 0 Å². The molecule has 1 aliphatic carbocycles. The van der Waals surface area contributed by atoms with Crippen LogP contribution in [0.1, 0.15) is 18.4 Å². The van der Waals surface area contributed by atoms with Crippen LogP contribution in [0, 0.1) is 0 Å². The predicted octanol–water partition coefficient (Wildman–Crippen LogP) is 2.55. The molecule has 1 aromatic rings. The molecular formula is C11H11Cl2NO. The topological polar surface area (TPSA) is 43.1 Å². The van der Waals surface area contributed by atoms with Crippen LogP contribution in [-0.2, 0) is 10.2 Å². The number of ketones is 1. The summed E-state index contributed by atoms with van der Waals surface area (Å²) in [5.41, 5.74) is 6.23. The first-order chi connectivity index (χ1) is 7.09. The maximum Gasteiger partial charge on any atom is 0.134 e. The molecular weight excluding hydrogens is 233 g/mol. The fourth-order valence-electron chi connectivity index (χ4n) is 2.13. The number of carbonyl (C=O) groups is 1. The van der Waals surface area contributed by atoms with E-state index < -0.39 is 0 Å². The molecule has 0 aliphatic heterocycles. The van der Waals surface area contributed by atoms with Gasteiger partial charge in [-0.05, 0) is 17.7 Å². The lowest BCUT2D eigenvalue weighted by atomic mass is 9.63. The van der Waals surface area contributed by atoms with Crippen molar-refractivity contribution in [2.75, 3.05) is 6.54 Å². The van der Waals surface area contributed by atoms with Crippen molar-refractivity contribution in [1.29, 1.82) is 0 Å². The second kappa shape index (κ2) is 3.78. The van der Waals surface area contributed by atoms with Gasteiger partial charge in [0.15, 0.2) is 0 Å². The van der Waals surface area contributed by atoms with Crippen LogP contribution in [-0.4, -0.2) is 12.3 Å². The minimum absolute atomic E-state index is 0.219. The lowest BCUT2D eigenvalue weighted by Crippen LogP contribution is -2.47. The van der Waals surface area contributed by atoms with Crippen molar-refractivity contribution in [2.45, 2.75) is 18.3 Å². The summed E-state index contributed by atoms with van der Waals surface area (Å²) in [4.78, 5) is 11.1. The van der Waals surface area contributed by atoms with Gasteiger partial charge in [-0.1, -0.05) is 29.3 Å². The molecule has 0 radical (unpaired) electrons. The van der Waals surface area contributed by atoms with E-state index in [1.54, 1.807) is 18.2 Å². The molecule has 0 aromatic heterocycles. The molecule has 15 heavy (non-hydrogen) atoms. The quantitative estimate of drug-likeness (QED) is 0.868. The minimum atomic E-state index is -0.327. The number of hydrogen-bond acceptors (Lipinski definition) is 2. The van der Waals surface area contributed by atoms with Crippen LogP contribution >= 0.6 is 23.2 Å². The number of rotatable bonds is 2. The van der Waals surface area contributed by atoms with Crippen LogP contribution in [0.5, 0.6) is 0 Å². The Bertz CT molecular complexity index is 389. The molecule has 1 fully saturated rings. The van der Waals surface area contributed by atoms with Crippen LogP contribution in [0.15, 0.2) is 18.2 Å². The van der Waals surface area contributed by atoms with E-state index in [4.69, 9.17) is 28.9 Å². The Balaban J connectivity index is 2.48. The summed E-state index contributed by atoms with van der Waals surface area (Å²) in [6, 6.07) is 5.35. The molecule has 80 valence electrons. The zero-order valence-corrected chi connectivity index (χ0v) is 9.61. The Morgan fingerprint density at radius 2 is 1.80 bits per heavy atom. The van der Waals surface area contributed by atoms with Gasteiger partial charge >= 0.3 is 0 Å². The molecule has 1 aromatic carbocycles. The Morgan fingerprint density at radius 3 is 2.20 bits per heavy atom. The maximum absolute atomic E-state index is 11.1. The van der Waals surface area contributed by atoms with E-state index in [1.165, 1.54) is 0 Å². The molecule has 0 bridgehead atoms. The number of carbonyl (C=O) groups excluding carboxylic acids is 1. The molecule has 0 spiro atoms. The fraction of sp³-hybridized carbons (Fsp3) is 0.364. The Hall–Kier alpha value is -0.570. The fourth-order valence-corrected chi connectivity index (χ4v) is 2.93. The molecule has 4 heteroatoms. The van der Waals surface area contributed by atoms with Crippen molar-refractivity contribution in [3.63, 3.8) is 0 Å². The van der Waals surface area contributed by atoms with E-state index in [9.17, 15) is 4.79 Å². The number of hydrogen-bond donors (Lipinski definition) is 1. The SMILES string of the molecule is NCC1(c2c(Cl)cccc2Cl)CC(=O)C1. The molecule has 1 saturated carbocycles. The Kier molecular flexibility index (Phi) is 2.75. The standard InChI is InChI=1S/C11H11Cl2NO/c12-8-2-1-3-9(13)10(8)11(6-14)4-7(15)5-11/h1-3H,4-6,14H2. The zero-order valence-electron chi connectivity index (χ0n) is 8.09. The number of benzene rings is 1. The highest BCUT2D eigenvalue weighted by molar-refractivity contribution is 6.36. The third-order valence-corrected chi connectivity index (χ3v) is 3.58. The molecule has 0 unspecified atom stereocenters. The molecule has 1 aliphatic rings. The van der Waals surface area contributed by atoms with E-state index in [0.717, 1.165) is 5.56 Å². The van der Waals surface area contributed by atoms with Gasteiger partial charge in [0, 0.05) is 34.8 Å². The van der Waals surface area contributed by atoms with E-state index in [0.29, 0.717) is 29.4 Å². The number of halogens is 2. The van der Waals surface area contributed by atoms with Crippen molar-refractivity contribution in [3.8, 4) is 0 Å². The summed E-state index contributed by atoms with van der Waals surface area (Å²) in [6.07, 6.45) is 0.903. The van der Waals surface area contributed by atoms with Gasteiger partial charge in [-0.3, -0.25) is 4.79 Å². The van der Waals surface area contributed by atoms with Gasteiger partial charge in [0.2, 0.25) is 0 Å². The summed E-state index contributed by atoms with van der Waals surface area (Å²) in [6.45, 7) is 0.405. The average molecular weight is 244 g/mol. The second-order valence-electron chi connectivity index (χ2n) is 3.97. The van der Waals surface area contributed by atoms with Crippen LogP contribution in [0.4, 0.5) is 0 Å². The van der Waals surface area contributed by atoms with E-state index in [1.807, 2.05) is 0 Å². The highest BCUT2D eigenvalue weighted by atomic mass is 35.5. The number of Topliss-reactive ketones (excluding diaryl/α,β-unsaturated/α-hetero) is 1. The molecule has 2 rings (SSSR count). The summed E-state index contributed by atoms with van der Waals surface area (Å²) in [7, 11) is 0. The Morgan fingerprint density at radius 1 is 1.27 bits per heavy atom. The first-order valence-corrected chi connectivity index (χ1v) is 5.51. The molecule has 0 atom stereocenters. The largest absolute Gasteiger partial charge is 0.330 e. The predicted molar refractivity (Wildman–Crippen MR) is 61.4 cm³/mol. The van der Waals surface area contributed by atoms with Crippen molar-refractivity contribution >= 4 is 29.0 Å². The maximum atomic E-state index is 11.1. The number of nitrogens with two attached hydrogens (primary N) is 1.